The van der Waals surface area contributed by atoms with Crippen LogP contribution in [0.5, 0.6) is 0 Å². The predicted octanol–water partition coefficient (Wildman–Crippen LogP) is 0.596. The first-order valence-corrected chi connectivity index (χ1v) is 5.38. The number of rotatable bonds is 6. The van der Waals surface area contributed by atoms with Crippen LogP contribution in [-0.2, 0) is 9.59 Å². The van der Waals surface area contributed by atoms with E-state index < -0.39 is 22.8 Å². The van der Waals surface area contributed by atoms with Gasteiger partial charge in [-0.3, -0.25) is 19.7 Å². The average Bonchev–Trinajstić information content (AvgIpc) is 2.35. The number of benzene rings is 1. The summed E-state index contributed by atoms with van der Waals surface area (Å²) in [4.78, 5) is 32.3. The molecule has 0 aliphatic heterocycles. The van der Waals surface area contributed by atoms with Crippen LogP contribution in [0.1, 0.15) is 6.42 Å². The van der Waals surface area contributed by atoms with Crippen LogP contribution in [0.15, 0.2) is 24.3 Å². The lowest BCUT2D eigenvalue weighted by atomic mass is 10.2. The lowest BCUT2D eigenvalue weighted by molar-refractivity contribution is -0.384. The van der Waals surface area contributed by atoms with E-state index in [1.807, 2.05) is 0 Å². The molecule has 0 spiro atoms. The fourth-order valence-electron chi connectivity index (χ4n) is 1.43. The molecule has 8 nitrogen and oxygen atoms in total. The van der Waals surface area contributed by atoms with Gasteiger partial charge < -0.3 is 15.7 Å². The van der Waals surface area contributed by atoms with E-state index >= 15 is 0 Å². The van der Waals surface area contributed by atoms with E-state index in [9.17, 15) is 19.7 Å². The van der Waals surface area contributed by atoms with Gasteiger partial charge >= 0.3 is 5.97 Å². The largest absolute Gasteiger partial charge is 0.481 e. The first kappa shape index (κ1) is 14.6. The molecule has 19 heavy (non-hydrogen) atoms. The van der Waals surface area contributed by atoms with Crippen LogP contribution >= 0.6 is 0 Å². The van der Waals surface area contributed by atoms with Gasteiger partial charge in [-0.05, 0) is 13.1 Å². The molecule has 0 radical (unpaired) electrons. The number of non-ortho nitro benzene ring substituents is 1. The molecule has 8 heteroatoms. The third-order valence-electron chi connectivity index (χ3n) is 2.37. The van der Waals surface area contributed by atoms with Crippen molar-refractivity contribution in [3.63, 3.8) is 0 Å². The van der Waals surface area contributed by atoms with Gasteiger partial charge in [0.1, 0.15) is 0 Å². The summed E-state index contributed by atoms with van der Waals surface area (Å²) in [6, 6.07) is 4.50. The van der Waals surface area contributed by atoms with Crippen LogP contribution < -0.4 is 10.6 Å². The summed E-state index contributed by atoms with van der Waals surface area (Å²) in [5, 5.41) is 24.2. The third-order valence-corrected chi connectivity index (χ3v) is 2.37. The Bertz CT molecular complexity index is 503. The third kappa shape index (κ3) is 4.36. The van der Waals surface area contributed by atoms with E-state index in [2.05, 4.69) is 10.6 Å². The molecule has 0 bridgehead atoms. The number of anilines is 1. The van der Waals surface area contributed by atoms with Gasteiger partial charge in [0, 0.05) is 17.8 Å². The minimum atomic E-state index is -1.12. The number of hydrogen-bond donors (Lipinski definition) is 3. The molecule has 0 heterocycles. The van der Waals surface area contributed by atoms with Gasteiger partial charge in [0.2, 0.25) is 5.91 Å². The molecule has 0 aromatic heterocycles. The van der Waals surface area contributed by atoms with Crippen LogP contribution in [0, 0.1) is 10.1 Å². The van der Waals surface area contributed by atoms with Crippen molar-refractivity contribution in [1.29, 1.82) is 0 Å². The topological polar surface area (TPSA) is 122 Å². The van der Waals surface area contributed by atoms with Crippen molar-refractivity contribution in [3.8, 4) is 0 Å². The number of nitro groups is 1. The Hall–Kier alpha value is -2.48. The summed E-state index contributed by atoms with van der Waals surface area (Å²) in [5.41, 5.74) is 0.0851. The Labute approximate surface area is 108 Å². The maximum atomic E-state index is 11.8. The van der Waals surface area contributed by atoms with Crippen molar-refractivity contribution in [2.24, 2.45) is 0 Å². The minimum absolute atomic E-state index is 0.156. The van der Waals surface area contributed by atoms with Crippen LogP contribution in [0.25, 0.3) is 0 Å². The molecule has 1 unspecified atom stereocenters. The van der Waals surface area contributed by atoms with Crippen molar-refractivity contribution in [2.75, 3.05) is 12.4 Å². The highest BCUT2D eigenvalue weighted by molar-refractivity contribution is 5.97. The molecule has 1 amide bonds. The van der Waals surface area contributed by atoms with Gasteiger partial charge in [-0.25, -0.2) is 0 Å². The Kier molecular flexibility index (Phi) is 4.95. The number of carboxylic acids is 1. The van der Waals surface area contributed by atoms with Gasteiger partial charge in [0.15, 0.2) is 0 Å². The average molecular weight is 267 g/mol. The number of carbonyl (C=O) groups is 2. The van der Waals surface area contributed by atoms with E-state index in [1.165, 1.54) is 31.3 Å². The Morgan fingerprint density at radius 3 is 2.68 bits per heavy atom. The number of likely N-dealkylation sites (N-methyl/N-ethyl adjacent to an activating group) is 1. The molecule has 1 aromatic rings. The molecule has 0 aliphatic carbocycles. The van der Waals surface area contributed by atoms with Crippen molar-refractivity contribution in [2.45, 2.75) is 12.5 Å². The maximum absolute atomic E-state index is 11.8. The molecule has 1 aromatic carbocycles. The SMILES string of the molecule is CNC(CC(=O)O)C(=O)Nc1cccc([N+](=O)[O-])c1. The monoisotopic (exact) mass is 267 g/mol. The molecule has 1 rings (SSSR count). The number of hydrogen-bond acceptors (Lipinski definition) is 5. The number of nitrogens with zero attached hydrogens (tertiary/aromatic N) is 1. The first-order chi connectivity index (χ1) is 8.93. The lowest BCUT2D eigenvalue weighted by Crippen LogP contribution is -2.40. The van der Waals surface area contributed by atoms with E-state index in [0.717, 1.165) is 0 Å². The number of nitrogens with one attached hydrogen (secondary N) is 2. The first-order valence-electron chi connectivity index (χ1n) is 5.38. The predicted molar refractivity (Wildman–Crippen MR) is 66.8 cm³/mol. The second kappa shape index (κ2) is 6.45. The summed E-state index contributed by atoms with van der Waals surface area (Å²) in [6.07, 6.45) is -0.378. The zero-order valence-electron chi connectivity index (χ0n) is 10.1. The van der Waals surface area contributed by atoms with E-state index in [-0.39, 0.29) is 17.8 Å². The zero-order chi connectivity index (χ0) is 14.4. The highest BCUT2D eigenvalue weighted by Crippen LogP contribution is 2.17. The van der Waals surface area contributed by atoms with Gasteiger partial charge in [-0.15, -0.1) is 0 Å². The Morgan fingerprint density at radius 2 is 2.16 bits per heavy atom. The fraction of sp³-hybridized carbons (Fsp3) is 0.273. The van der Waals surface area contributed by atoms with Gasteiger partial charge in [-0.2, -0.15) is 0 Å². The van der Waals surface area contributed by atoms with Crippen LogP contribution in [-0.4, -0.2) is 35.0 Å². The number of carbonyl (C=O) groups excluding carboxylic acids is 1. The summed E-state index contributed by atoms with van der Waals surface area (Å²) in [5.74, 6) is -1.68. The van der Waals surface area contributed by atoms with Gasteiger partial charge in [0.05, 0.1) is 17.4 Å². The number of amides is 1. The quantitative estimate of drug-likeness (QED) is 0.512. The van der Waals surface area contributed by atoms with Crippen LogP contribution in [0.2, 0.25) is 0 Å². The molecule has 0 aliphatic rings. The maximum Gasteiger partial charge on any atom is 0.305 e. The molecule has 102 valence electrons. The molecule has 3 N–H and O–H groups in total. The summed E-state index contributed by atoms with van der Waals surface area (Å²) in [6.45, 7) is 0. The van der Waals surface area contributed by atoms with E-state index in [0.29, 0.717) is 0 Å². The Morgan fingerprint density at radius 1 is 1.47 bits per heavy atom. The van der Waals surface area contributed by atoms with Crippen LogP contribution in [0.3, 0.4) is 0 Å². The molecule has 0 saturated heterocycles. The summed E-state index contributed by atoms with van der Waals surface area (Å²) in [7, 11) is 1.46. The second-order valence-electron chi connectivity index (χ2n) is 3.74. The summed E-state index contributed by atoms with van der Waals surface area (Å²) < 4.78 is 0. The van der Waals surface area contributed by atoms with Crippen molar-refractivity contribution < 1.29 is 19.6 Å². The molecule has 0 fully saturated rings. The summed E-state index contributed by atoms with van der Waals surface area (Å²) >= 11 is 0. The minimum Gasteiger partial charge on any atom is -0.481 e. The molecule has 0 saturated carbocycles. The van der Waals surface area contributed by atoms with Gasteiger partial charge in [-0.1, -0.05) is 6.07 Å². The normalized spacial score (nSPS) is 11.6. The van der Waals surface area contributed by atoms with Crippen LogP contribution in [0.4, 0.5) is 11.4 Å². The van der Waals surface area contributed by atoms with E-state index in [1.54, 1.807) is 0 Å². The van der Waals surface area contributed by atoms with Crippen molar-refractivity contribution in [1.82, 2.24) is 5.32 Å². The Balaban J connectivity index is 2.78. The fourth-order valence-corrected chi connectivity index (χ4v) is 1.43. The molecule has 1 atom stereocenters. The second-order valence-corrected chi connectivity index (χ2v) is 3.74. The van der Waals surface area contributed by atoms with E-state index in [4.69, 9.17) is 5.11 Å². The highest BCUT2D eigenvalue weighted by atomic mass is 16.6. The zero-order valence-corrected chi connectivity index (χ0v) is 10.1. The van der Waals surface area contributed by atoms with Gasteiger partial charge in [0.25, 0.3) is 5.69 Å². The molecular formula is C11H13N3O5. The number of carboxylic acid groups (broad SMARTS) is 1. The number of nitro benzene ring substituents is 1. The smallest absolute Gasteiger partial charge is 0.305 e. The van der Waals surface area contributed by atoms with Crippen molar-refractivity contribution >= 4 is 23.3 Å². The molecular weight excluding hydrogens is 254 g/mol. The lowest BCUT2D eigenvalue weighted by Gasteiger charge is -2.13. The standard InChI is InChI=1S/C11H13N3O5/c1-12-9(6-10(15)16)11(17)13-7-3-2-4-8(5-7)14(18)19/h2-5,9,12H,6H2,1H3,(H,13,17)(H,15,16). The van der Waals surface area contributed by atoms with Crippen molar-refractivity contribution in [3.05, 3.63) is 34.4 Å². The number of aliphatic carboxylic acids is 1. The highest BCUT2D eigenvalue weighted by Gasteiger charge is 2.20.